The predicted octanol–water partition coefficient (Wildman–Crippen LogP) is -1.69. The fraction of sp³-hybridized carbons (Fsp3) is 0.692. The molecule has 3 amide bonds. The van der Waals surface area contributed by atoms with E-state index in [4.69, 9.17) is 5.73 Å². The first kappa shape index (κ1) is 17.1. The molecule has 1 aliphatic heterocycles. The van der Waals surface area contributed by atoms with E-state index in [1.807, 2.05) is 0 Å². The zero-order chi connectivity index (χ0) is 16.2. The lowest BCUT2D eigenvalue weighted by Gasteiger charge is -2.24. The number of likely N-dealkylation sites (tertiary alicyclic amines) is 1. The average molecular weight is 299 g/mol. The molecule has 0 saturated carbocycles. The van der Waals surface area contributed by atoms with Gasteiger partial charge in [-0.15, -0.1) is 0 Å². The minimum Gasteiger partial charge on any atom is -0.391 e. The van der Waals surface area contributed by atoms with E-state index in [0.717, 1.165) is 0 Å². The summed E-state index contributed by atoms with van der Waals surface area (Å²) in [5, 5.41) is 12.0. The topological polar surface area (TPSA) is 130 Å². The van der Waals surface area contributed by atoms with Crippen molar-refractivity contribution < 1.29 is 24.3 Å². The third-order valence-corrected chi connectivity index (χ3v) is 3.43. The van der Waals surface area contributed by atoms with Crippen LogP contribution >= 0.6 is 0 Å². The van der Waals surface area contributed by atoms with Crippen molar-refractivity contribution in [3.8, 4) is 0 Å². The summed E-state index contributed by atoms with van der Waals surface area (Å²) in [7, 11) is 0. The van der Waals surface area contributed by atoms with Crippen LogP contribution in [0.2, 0.25) is 0 Å². The molecule has 1 heterocycles. The van der Waals surface area contributed by atoms with E-state index in [0.29, 0.717) is 0 Å². The van der Waals surface area contributed by atoms with Gasteiger partial charge in [0.15, 0.2) is 0 Å². The molecule has 4 N–H and O–H groups in total. The van der Waals surface area contributed by atoms with Crippen LogP contribution in [0.15, 0.2) is 0 Å². The Morgan fingerprint density at radius 2 is 1.95 bits per heavy atom. The van der Waals surface area contributed by atoms with Gasteiger partial charge in [-0.1, -0.05) is 0 Å². The summed E-state index contributed by atoms with van der Waals surface area (Å²) in [5.74, 6) is -1.73. The molecule has 0 aromatic rings. The second-order valence-corrected chi connectivity index (χ2v) is 5.28. The number of nitrogens with two attached hydrogens (primary N) is 1. The normalized spacial score (nSPS) is 22.7. The molecule has 1 rings (SSSR count). The van der Waals surface area contributed by atoms with Gasteiger partial charge in [-0.25, -0.2) is 0 Å². The smallest absolute Gasteiger partial charge is 0.243 e. The lowest BCUT2D eigenvalue weighted by Crippen LogP contribution is -2.52. The van der Waals surface area contributed by atoms with Crippen molar-refractivity contribution in [3.05, 3.63) is 0 Å². The van der Waals surface area contributed by atoms with Crippen molar-refractivity contribution in [2.24, 2.45) is 5.73 Å². The van der Waals surface area contributed by atoms with Crippen molar-refractivity contribution in [1.82, 2.24) is 10.2 Å². The van der Waals surface area contributed by atoms with E-state index in [-0.39, 0.29) is 37.5 Å². The van der Waals surface area contributed by atoms with E-state index in [1.54, 1.807) is 0 Å². The number of nitrogens with zero attached hydrogens (tertiary/aromatic N) is 1. The largest absolute Gasteiger partial charge is 0.391 e. The maximum atomic E-state index is 12.2. The first-order chi connectivity index (χ1) is 9.72. The van der Waals surface area contributed by atoms with Crippen molar-refractivity contribution in [2.45, 2.75) is 51.3 Å². The molecule has 0 aliphatic carbocycles. The van der Waals surface area contributed by atoms with Crippen molar-refractivity contribution in [2.75, 3.05) is 6.54 Å². The van der Waals surface area contributed by atoms with Gasteiger partial charge >= 0.3 is 0 Å². The Hall–Kier alpha value is -1.96. The molecule has 8 heteroatoms. The fourth-order valence-electron chi connectivity index (χ4n) is 2.31. The number of primary amides is 1. The lowest BCUT2D eigenvalue weighted by atomic mass is 10.1. The molecule has 0 aromatic heterocycles. The molecule has 21 heavy (non-hydrogen) atoms. The molecule has 0 unspecified atom stereocenters. The Morgan fingerprint density at radius 3 is 2.43 bits per heavy atom. The number of carbonyl (C=O) groups is 4. The van der Waals surface area contributed by atoms with Gasteiger partial charge in [0.05, 0.1) is 6.10 Å². The zero-order valence-corrected chi connectivity index (χ0v) is 12.2. The highest BCUT2D eigenvalue weighted by atomic mass is 16.3. The number of nitrogens with one attached hydrogen (secondary N) is 1. The number of aliphatic hydroxyl groups is 1. The number of hydrogen-bond acceptors (Lipinski definition) is 5. The number of hydrogen-bond donors (Lipinski definition) is 3. The monoisotopic (exact) mass is 299 g/mol. The van der Waals surface area contributed by atoms with Crippen LogP contribution in [-0.4, -0.2) is 58.2 Å². The van der Waals surface area contributed by atoms with E-state index < -0.39 is 30.0 Å². The summed E-state index contributed by atoms with van der Waals surface area (Å²) in [6, 6.07) is -1.79. The number of amides is 3. The van der Waals surface area contributed by atoms with Gasteiger partial charge in [0, 0.05) is 26.3 Å². The van der Waals surface area contributed by atoms with Crippen LogP contribution < -0.4 is 11.1 Å². The molecule has 1 aliphatic rings. The minimum atomic E-state index is -0.965. The molecule has 8 nitrogen and oxygen atoms in total. The van der Waals surface area contributed by atoms with Gasteiger partial charge in [-0.3, -0.25) is 14.4 Å². The van der Waals surface area contributed by atoms with Crippen LogP contribution in [0.4, 0.5) is 0 Å². The van der Waals surface area contributed by atoms with Crippen LogP contribution in [0.3, 0.4) is 0 Å². The summed E-state index contributed by atoms with van der Waals surface area (Å²) in [4.78, 5) is 47.1. The predicted molar refractivity (Wildman–Crippen MR) is 72.8 cm³/mol. The zero-order valence-electron chi connectivity index (χ0n) is 12.2. The summed E-state index contributed by atoms with van der Waals surface area (Å²) < 4.78 is 0. The molecule has 0 radical (unpaired) electrons. The van der Waals surface area contributed by atoms with E-state index in [2.05, 4.69) is 5.32 Å². The van der Waals surface area contributed by atoms with E-state index in [9.17, 15) is 24.3 Å². The van der Waals surface area contributed by atoms with E-state index >= 15 is 0 Å². The Labute approximate surface area is 122 Å². The van der Waals surface area contributed by atoms with Gasteiger partial charge in [-0.2, -0.15) is 0 Å². The second-order valence-electron chi connectivity index (χ2n) is 5.28. The Kier molecular flexibility index (Phi) is 5.83. The van der Waals surface area contributed by atoms with Crippen LogP contribution in [0, 0.1) is 0 Å². The SMILES string of the molecule is CC(=O)CC[C@H](NC(=O)[C@@H]1C[C@@H](O)CN1C(C)=O)C(N)=O. The quantitative estimate of drug-likeness (QED) is 0.538. The highest BCUT2D eigenvalue weighted by Gasteiger charge is 2.38. The summed E-state index contributed by atoms with van der Waals surface area (Å²) in [5.41, 5.74) is 5.20. The second kappa shape index (κ2) is 7.16. The molecule has 3 atom stereocenters. The van der Waals surface area contributed by atoms with E-state index in [1.165, 1.54) is 18.7 Å². The maximum Gasteiger partial charge on any atom is 0.243 e. The third-order valence-electron chi connectivity index (χ3n) is 3.43. The van der Waals surface area contributed by atoms with Crippen molar-refractivity contribution >= 4 is 23.5 Å². The molecule has 1 fully saturated rings. The molecule has 0 aromatic carbocycles. The van der Waals surface area contributed by atoms with Crippen LogP contribution in [0.1, 0.15) is 33.1 Å². The molecule has 1 saturated heterocycles. The number of rotatable bonds is 6. The average Bonchev–Trinajstić information content (AvgIpc) is 2.76. The van der Waals surface area contributed by atoms with Crippen LogP contribution in [-0.2, 0) is 19.2 Å². The number of Topliss-reactive ketones (excluding diaryl/α,β-unsaturated/α-hetero) is 1. The molecule has 118 valence electrons. The number of carbonyl (C=O) groups excluding carboxylic acids is 4. The van der Waals surface area contributed by atoms with Crippen LogP contribution in [0.5, 0.6) is 0 Å². The van der Waals surface area contributed by atoms with Gasteiger partial charge in [0.1, 0.15) is 17.9 Å². The number of aliphatic hydroxyl groups excluding tert-OH is 1. The molecule has 0 bridgehead atoms. The van der Waals surface area contributed by atoms with Gasteiger partial charge in [0.25, 0.3) is 0 Å². The Balaban J connectivity index is 2.70. The fourth-order valence-corrected chi connectivity index (χ4v) is 2.31. The molecular weight excluding hydrogens is 278 g/mol. The van der Waals surface area contributed by atoms with Crippen molar-refractivity contribution in [1.29, 1.82) is 0 Å². The summed E-state index contributed by atoms with van der Waals surface area (Å²) >= 11 is 0. The van der Waals surface area contributed by atoms with Crippen LogP contribution in [0.25, 0.3) is 0 Å². The number of ketones is 1. The molecular formula is C13H21N3O5. The summed E-state index contributed by atoms with van der Waals surface area (Å²) in [6.45, 7) is 2.77. The summed E-state index contributed by atoms with van der Waals surface area (Å²) in [6.07, 6.45) is -0.415. The number of β-amino-alcohol motifs (C(OH)–C–C–N with tert-alkyl or cyclic N) is 1. The van der Waals surface area contributed by atoms with Crippen molar-refractivity contribution in [3.63, 3.8) is 0 Å². The lowest BCUT2D eigenvalue weighted by molar-refractivity contribution is -0.138. The highest BCUT2D eigenvalue weighted by Crippen LogP contribution is 2.18. The first-order valence-corrected chi connectivity index (χ1v) is 6.76. The molecule has 0 spiro atoms. The first-order valence-electron chi connectivity index (χ1n) is 6.76. The van der Waals surface area contributed by atoms with Gasteiger partial charge < -0.3 is 25.9 Å². The van der Waals surface area contributed by atoms with Gasteiger partial charge in [-0.05, 0) is 13.3 Å². The highest BCUT2D eigenvalue weighted by molar-refractivity contribution is 5.92. The standard InChI is InChI=1S/C13H21N3O5/c1-7(17)3-4-10(12(14)20)15-13(21)11-5-9(19)6-16(11)8(2)18/h9-11,19H,3-6H2,1-2H3,(H2,14,20)(H,15,21)/t9-,10+,11+/m1/s1. The third kappa shape index (κ3) is 4.82. The Morgan fingerprint density at radius 1 is 1.33 bits per heavy atom. The maximum absolute atomic E-state index is 12.2. The Bertz CT molecular complexity index is 451. The minimum absolute atomic E-state index is 0.0854. The van der Waals surface area contributed by atoms with Gasteiger partial charge in [0.2, 0.25) is 17.7 Å².